The summed E-state index contributed by atoms with van der Waals surface area (Å²) in [5.41, 5.74) is 7.23. The maximum Gasteiger partial charge on any atom is 0.0597 e. The van der Waals surface area contributed by atoms with Crippen molar-refractivity contribution in [2.45, 2.75) is 46.4 Å². The van der Waals surface area contributed by atoms with Crippen molar-refractivity contribution < 1.29 is 4.74 Å². The van der Waals surface area contributed by atoms with Gasteiger partial charge in [0.1, 0.15) is 0 Å². The minimum atomic E-state index is 0.315. The lowest BCUT2D eigenvalue weighted by Crippen LogP contribution is -2.23. The van der Waals surface area contributed by atoms with Crippen LogP contribution in [-0.4, -0.2) is 42.3 Å². The molecule has 1 aliphatic rings. The SMILES string of the molecule is CNCCc1c(C)n(C)c2cc3c(cc12)CN(CCOC(C)C)C3. The molecule has 4 nitrogen and oxygen atoms in total. The van der Waals surface area contributed by atoms with Gasteiger partial charge in [0.05, 0.1) is 12.7 Å². The quantitative estimate of drug-likeness (QED) is 0.847. The van der Waals surface area contributed by atoms with Crippen molar-refractivity contribution in [3.8, 4) is 0 Å². The van der Waals surface area contributed by atoms with E-state index in [-0.39, 0.29) is 0 Å². The van der Waals surface area contributed by atoms with Gasteiger partial charge in [0.2, 0.25) is 0 Å². The van der Waals surface area contributed by atoms with E-state index in [0.717, 1.165) is 39.2 Å². The Kier molecular flexibility index (Phi) is 5.28. The van der Waals surface area contributed by atoms with Gasteiger partial charge in [-0.1, -0.05) is 0 Å². The van der Waals surface area contributed by atoms with Gasteiger partial charge in [-0.05, 0) is 69.6 Å². The Labute approximate surface area is 145 Å². The number of aryl methyl sites for hydroxylation is 1. The number of ether oxygens (including phenoxy) is 1. The molecule has 0 amide bonds. The number of nitrogens with zero attached hydrogens (tertiary/aromatic N) is 2. The second-order valence-corrected chi connectivity index (χ2v) is 7.24. The maximum absolute atomic E-state index is 5.71. The fourth-order valence-electron chi connectivity index (χ4n) is 3.75. The molecule has 0 fully saturated rings. The zero-order valence-electron chi connectivity index (χ0n) is 15.8. The first kappa shape index (κ1) is 17.5. The van der Waals surface area contributed by atoms with Gasteiger partial charge < -0.3 is 14.6 Å². The third-order valence-corrected chi connectivity index (χ3v) is 5.22. The van der Waals surface area contributed by atoms with E-state index in [0.29, 0.717) is 6.10 Å². The van der Waals surface area contributed by atoms with Crippen LogP contribution in [0.15, 0.2) is 12.1 Å². The first-order chi connectivity index (χ1) is 11.5. The Balaban J connectivity index is 1.82. The Bertz CT molecular complexity index is 717. The van der Waals surface area contributed by atoms with E-state index < -0.39 is 0 Å². The van der Waals surface area contributed by atoms with E-state index in [1.54, 1.807) is 0 Å². The molecule has 2 heterocycles. The fourth-order valence-corrected chi connectivity index (χ4v) is 3.75. The molecule has 0 unspecified atom stereocenters. The molecule has 0 aliphatic carbocycles. The summed E-state index contributed by atoms with van der Waals surface area (Å²) in [6.07, 6.45) is 1.40. The van der Waals surface area contributed by atoms with Crippen LogP contribution in [0.4, 0.5) is 0 Å². The van der Waals surface area contributed by atoms with Gasteiger partial charge in [-0.3, -0.25) is 4.90 Å². The van der Waals surface area contributed by atoms with Crippen LogP contribution in [0.25, 0.3) is 10.9 Å². The number of nitrogens with one attached hydrogen (secondary N) is 1. The lowest BCUT2D eigenvalue weighted by Gasteiger charge is -2.15. The summed E-state index contributed by atoms with van der Waals surface area (Å²) in [5, 5.41) is 4.71. The molecule has 4 heteroatoms. The Hall–Kier alpha value is -1.36. The first-order valence-electron chi connectivity index (χ1n) is 9.09. The standard InChI is InChI=1S/C20H31N3O/c1-14(2)24-9-8-23-12-16-10-19-18(6-7-21-4)15(3)22(5)20(19)11-17(16)13-23/h10-11,14,21H,6-9,12-13H2,1-5H3. The molecule has 1 aliphatic heterocycles. The highest BCUT2D eigenvalue weighted by Gasteiger charge is 2.22. The van der Waals surface area contributed by atoms with Crippen molar-refractivity contribution in [3.05, 3.63) is 34.5 Å². The number of benzene rings is 1. The molecule has 1 aromatic carbocycles. The van der Waals surface area contributed by atoms with Crippen molar-refractivity contribution >= 4 is 10.9 Å². The van der Waals surface area contributed by atoms with Crippen molar-refractivity contribution in [3.63, 3.8) is 0 Å². The largest absolute Gasteiger partial charge is 0.377 e. The van der Waals surface area contributed by atoms with Gasteiger partial charge in [-0.25, -0.2) is 0 Å². The average Bonchev–Trinajstić information content (AvgIpc) is 3.03. The lowest BCUT2D eigenvalue weighted by atomic mass is 10.0. The topological polar surface area (TPSA) is 29.4 Å². The third-order valence-electron chi connectivity index (χ3n) is 5.22. The summed E-state index contributed by atoms with van der Waals surface area (Å²) in [5.74, 6) is 0. The molecule has 1 aromatic heterocycles. The van der Waals surface area contributed by atoms with Crippen LogP contribution >= 0.6 is 0 Å². The molecule has 0 spiro atoms. The minimum Gasteiger partial charge on any atom is -0.377 e. The van der Waals surface area contributed by atoms with Crippen LogP contribution in [0.3, 0.4) is 0 Å². The summed E-state index contributed by atoms with van der Waals surface area (Å²) >= 11 is 0. The number of rotatable bonds is 7. The molecule has 0 bridgehead atoms. The van der Waals surface area contributed by atoms with Crippen LogP contribution in [-0.2, 0) is 31.3 Å². The minimum absolute atomic E-state index is 0.315. The third kappa shape index (κ3) is 3.37. The van der Waals surface area contributed by atoms with Crippen LogP contribution in [0.5, 0.6) is 0 Å². The van der Waals surface area contributed by atoms with E-state index in [1.165, 1.54) is 33.3 Å². The lowest BCUT2D eigenvalue weighted by molar-refractivity contribution is 0.0584. The molecule has 0 atom stereocenters. The highest BCUT2D eigenvalue weighted by atomic mass is 16.5. The van der Waals surface area contributed by atoms with Gasteiger partial charge in [0.15, 0.2) is 0 Å². The van der Waals surface area contributed by atoms with E-state index in [2.05, 4.69) is 54.7 Å². The molecule has 0 saturated carbocycles. The predicted octanol–water partition coefficient (Wildman–Crippen LogP) is 2.99. The van der Waals surface area contributed by atoms with Crippen LogP contribution in [0, 0.1) is 6.92 Å². The zero-order chi connectivity index (χ0) is 17.3. The van der Waals surface area contributed by atoms with Gasteiger partial charge >= 0.3 is 0 Å². The summed E-state index contributed by atoms with van der Waals surface area (Å²) in [6, 6.07) is 4.84. The molecular weight excluding hydrogens is 298 g/mol. The van der Waals surface area contributed by atoms with Crippen molar-refractivity contribution in [1.82, 2.24) is 14.8 Å². The summed E-state index contributed by atoms with van der Waals surface area (Å²) < 4.78 is 8.06. The van der Waals surface area contributed by atoms with Gasteiger partial charge in [0.25, 0.3) is 0 Å². The molecule has 2 aromatic rings. The Morgan fingerprint density at radius 2 is 1.92 bits per heavy atom. The zero-order valence-corrected chi connectivity index (χ0v) is 15.8. The fraction of sp³-hybridized carbons (Fsp3) is 0.600. The Morgan fingerprint density at radius 3 is 2.58 bits per heavy atom. The van der Waals surface area contributed by atoms with Crippen LogP contribution < -0.4 is 5.32 Å². The van der Waals surface area contributed by atoms with Gasteiger partial charge in [0, 0.05) is 43.3 Å². The second kappa shape index (κ2) is 7.26. The van der Waals surface area contributed by atoms with E-state index in [9.17, 15) is 0 Å². The normalized spacial score (nSPS) is 14.9. The van der Waals surface area contributed by atoms with E-state index in [1.807, 2.05) is 7.05 Å². The number of likely N-dealkylation sites (N-methyl/N-ethyl adjacent to an activating group) is 1. The number of hydrogen-bond acceptors (Lipinski definition) is 3. The summed E-state index contributed by atoms with van der Waals surface area (Å²) in [4.78, 5) is 2.49. The molecular formula is C20H31N3O. The van der Waals surface area contributed by atoms with Gasteiger partial charge in [-0.2, -0.15) is 0 Å². The van der Waals surface area contributed by atoms with Crippen LogP contribution in [0.1, 0.15) is 36.2 Å². The van der Waals surface area contributed by atoms with Crippen molar-refractivity contribution in [2.24, 2.45) is 7.05 Å². The number of hydrogen-bond donors (Lipinski definition) is 1. The Morgan fingerprint density at radius 1 is 1.21 bits per heavy atom. The average molecular weight is 329 g/mol. The smallest absolute Gasteiger partial charge is 0.0597 e. The van der Waals surface area contributed by atoms with Crippen molar-refractivity contribution in [1.29, 1.82) is 0 Å². The van der Waals surface area contributed by atoms with E-state index >= 15 is 0 Å². The highest BCUT2D eigenvalue weighted by Crippen LogP contribution is 2.32. The first-order valence-corrected chi connectivity index (χ1v) is 9.09. The number of fused-ring (bicyclic) bond motifs is 2. The number of aromatic nitrogens is 1. The molecule has 0 radical (unpaired) electrons. The molecule has 1 N–H and O–H groups in total. The predicted molar refractivity (Wildman–Crippen MR) is 100 cm³/mol. The monoisotopic (exact) mass is 329 g/mol. The maximum atomic E-state index is 5.71. The highest BCUT2D eigenvalue weighted by molar-refractivity contribution is 5.87. The van der Waals surface area contributed by atoms with Crippen molar-refractivity contribution in [2.75, 3.05) is 26.7 Å². The summed E-state index contributed by atoms with van der Waals surface area (Å²) in [7, 11) is 4.21. The van der Waals surface area contributed by atoms with Crippen LogP contribution in [0.2, 0.25) is 0 Å². The molecule has 132 valence electrons. The molecule has 0 saturated heterocycles. The van der Waals surface area contributed by atoms with Gasteiger partial charge in [-0.15, -0.1) is 0 Å². The summed E-state index contributed by atoms with van der Waals surface area (Å²) in [6.45, 7) is 11.4. The second-order valence-electron chi connectivity index (χ2n) is 7.24. The molecule has 24 heavy (non-hydrogen) atoms. The molecule has 3 rings (SSSR count). The van der Waals surface area contributed by atoms with E-state index in [4.69, 9.17) is 4.74 Å².